The van der Waals surface area contributed by atoms with Crippen molar-refractivity contribution in [1.29, 1.82) is 0 Å². The number of aryl methyl sites for hydroxylation is 1. The Morgan fingerprint density at radius 2 is 1.81 bits per heavy atom. The fourth-order valence-electron chi connectivity index (χ4n) is 3.41. The molecule has 0 spiro atoms. The Hall–Kier alpha value is -4.27. The van der Waals surface area contributed by atoms with Gasteiger partial charge in [-0.2, -0.15) is 5.10 Å². The number of aromatic nitrogens is 5. The van der Waals surface area contributed by atoms with Crippen LogP contribution in [0, 0.1) is 6.92 Å². The number of rotatable bonds is 6. The van der Waals surface area contributed by atoms with Crippen molar-refractivity contribution in [1.82, 2.24) is 24.7 Å². The van der Waals surface area contributed by atoms with Crippen LogP contribution in [0.3, 0.4) is 0 Å². The minimum Gasteiger partial charge on any atom is -0.397 e. The minimum absolute atomic E-state index is 0.240. The normalized spacial score (nSPS) is 10.9. The highest BCUT2D eigenvalue weighted by atomic mass is 16.1. The number of imidazole rings is 1. The lowest BCUT2D eigenvalue weighted by Gasteiger charge is -2.14. The van der Waals surface area contributed by atoms with Crippen molar-refractivity contribution in [3.8, 4) is 11.4 Å². The molecule has 4 aromatic rings. The summed E-state index contributed by atoms with van der Waals surface area (Å²) in [5, 5.41) is 14.1. The highest BCUT2D eigenvalue weighted by Crippen LogP contribution is 2.24. The van der Waals surface area contributed by atoms with Crippen LogP contribution in [-0.2, 0) is 0 Å². The Morgan fingerprint density at radius 1 is 1.06 bits per heavy atom. The number of carbonyl (C=O) groups excluding carboxylic acids is 1. The molecule has 0 aliphatic carbocycles. The van der Waals surface area contributed by atoms with Gasteiger partial charge in [0.05, 0.1) is 29.5 Å². The second kappa shape index (κ2) is 8.84. The first-order valence-electron chi connectivity index (χ1n) is 10.2. The lowest BCUT2D eigenvalue weighted by Crippen LogP contribution is -2.13. The predicted molar refractivity (Wildman–Crippen MR) is 125 cm³/mol. The third kappa shape index (κ3) is 4.41. The number of amides is 1. The molecule has 4 N–H and O–H groups in total. The van der Waals surface area contributed by atoms with E-state index < -0.39 is 0 Å². The zero-order chi connectivity index (χ0) is 22.7. The van der Waals surface area contributed by atoms with Crippen molar-refractivity contribution in [2.75, 3.05) is 16.4 Å². The molecule has 0 unspecified atom stereocenters. The quantitative estimate of drug-likeness (QED) is 0.393. The van der Waals surface area contributed by atoms with Crippen LogP contribution in [0.1, 0.15) is 36.1 Å². The van der Waals surface area contributed by atoms with E-state index in [1.54, 1.807) is 48.8 Å². The monoisotopic (exact) mass is 428 g/mol. The topological polar surface area (TPSA) is 124 Å². The Balaban J connectivity index is 1.49. The maximum Gasteiger partial charge on any atom is 0.255 e. The summed E-state index contributed by atoms with van der Waals surface area (Å²) in [6.45, 7) is 6.15. The van der Waals surface area contributed by atoms with E-state index in [1.165, 1.54) is 0 Å². The molecule has 4 rings (SSSR count). The van der Waals surface area contributed by atoms with Crippen LogP contribution in [0.4, 0.5) is 23.0 Å². The van der Waals surface area contributed by atoms with Gasteiger partial charge in [0.25, 0.3) is 5.91 Å². The molecular formula is C23H24N8O. The first kappa shape index (κ1) is 21.0. The number of hydrogen-bond donors (Lipinski definition) is 3. The SMILES string of the molecule is Cc1ncc(-c2cnnc(Nc3ccc(C(=O)Nc4ccccc4N)cc3)n2)n1C(C)C. The van der Waals surface area contributed by atoms with E-state index in [0.717, 1.165) is 17.2 Å². The van der Waals surface area contributed by atoms with Crippen LogP contribution < -0.4 is 16.4 Å². The van der Waals surface area contributed by atoms with Gasteiger partial charge < -0.3 is 20.9 Å². The summed E-state index contributed by atoms with van der Waals surface area (Å²) in [5.41, 5.74) is 9.76. The second-order valence-corrected chi connectivity index (χ2v) is 7.56. The molecule has 162 valence electrons. The van der Waals surface area contributed by atoms with Gasteiger partial charge in [-0.1, -0.05) is 12.1 Å². The molecule has 0 aliphatic heterocycles. The smallest absolute Gasteiger partial charge is 0.255 e. The standard InChI is InChI=1S/C23H24N8O/c1-14(2)31-15(3)25-13-21(31)20-12-26-30-23(29-20)27-17-10-8-16(9-11-17)22(32)28-19-7-5-4-6-18(19)24/h4-14H,24H2,1-3H3,(H,28,32)(H,27,29,30). The highest BCUT2D eigenvalue weighted by molar-refractivity contribution is 6.05. The first-order chi connectivity index (χ1) is 15.4. The molecule has 0 saturated heterocycles. The first-order valence-corrected chi connectivity index (χ1v) is 10.2. The van der Waals surface area contributed by atoms with Gasteiger partial charge in [-0.25, -0.2) is 9.97 Å². The Kier molecular flexibility index (Phi) is 5.80. The van der Waals surface area contributed by atoms with Gasteiger partial charge in [-0.3, -0.25) is 4.79 Å². The molecule has 0 fully saturated rings. The van der Waals surface area contributed by atoms with Gasteiger partial charge in [0.1, 0.15) is 11.5 Å². The van der Waals surface area contributed by atoms with Crippen LogP contribution in [0.5, 0.6) is 0 Å². The van der Waals surface area contributed by atoms with Gasteiger partial charge in [-0.15, -0.1) is 5.10 Å². The average Bonchev–Trinajstić information content (AvgIpc) is 3.18. The Bertz CT molecular complexity index is 1250. The third-order valence-electron chi connectivity index (χ3n) is 4.93. The summed E-state index contributed by atoms with van der Waals surface area (Å²) in [4.78, 5) is 21.5. The van der Waals surface area contributed by atoms with E-state index in [4.69, 9.17) is 5.73 Å². The van der Waals surface area contributed by atoms with E-state index in [0.29, 0.717) is 28.6 Å². The van der Waals surface area contributed by atoms with Gasteiger partial charge in [0, 0.05) is 17.3 Å². The third-order valence-corrected chi connectivity index (χ3v) is 4.93. The number of anilines is 4. The van der Waals surface area contributed by atoms with Crippen LogP contribution in [0.2, 0.25) is 0 Å². The van der Waals surface area contributed by atoms with Crippen molar-refractivity contribution in [2.24, 2.45) is 0 Å². The fraction of sp³-hybridized carbons (Fsp3) is 0.174. The van der Waals surface area contributed by atoms with Crippen molar-refractivity contribution < 1.29 is 4.79 Å². The molecule has 9 nitrogen and oxygen atoms in total. The zero-order valence-corrected chi connectivity index (χ0v) is 18.1. The van der Waals surface area contributed by atoms with Gasteiger partial charge in [0.2, 0.25) is 5.95 Å². The summed E-state index contributed by atoms with van der Waals surface area (Å²) >= 11 is 0. The number of para-hydroxylation sites is 2. The Labute approximate surface area is 185 Å². The number of nitrogen functional groups attached to an aromatic ring is 1. The number of benzene rings is 2. The van der Waals surface area contributed by atoms with Crippen LogP contribution in [-0.4, -0.2) is 30.6 Å². The summed E-state index contributed by atoms with van der Waals surface area (Å²) in [6.07, 6.45) is 3.40. The number of carbonyl (C=O) groups is 1. The molecule has 0 radical (unpaired) electrons. The van der Waals surface area contributed by atoms with Crippen LogP contribution in [0.15, 0.2) is 60.9 Å². The van der Waals surface area contributed by atoms with E-state index in [-0.39, 0.29) is 11.9 Å². The van der Waals surface area contributed by atoms with Crippen molar-refractivity contribution in [3.05, 3.63) is 72.3 Å². The molecular weight excluding hydrogens is 404 g/mol. The van der Waals surface area contributed by atoms with E-state index >= 15 is 0 Å². The number of nitrogens with one attached hydrogen (secondary N) is 2. The average molecular weight is 429 g/mol. The molecule has 1 amide bonds. The summed E-state index contributed by atoms with van der Waals surface area (Å²) in [6, 6.07) is 14.4. The summed E-state index contributed by atoms with van der Waals surface area (Å²) in [5.74, 6) is 1.02. The van der Waals surface area contributed by atoms with E-state index in [9.17, 15) is 4.79 Å². The fourth-order valence-corrected chi connectivity index (χ4v) is 3.41. The summed E-state index contributed by atoms with van der Waals surface area (Å²) < 4.78 is 2.10. The molecule has 0 aliphatic rings. The predicted octanol–water partition coefficient (Wildman–Crippen LogP) is 4.20. The zero-order valence-electron chi connectivity index (χ0n) is 18.1. The van der Waals surface area contributed by atoms with E-state index in [1.807, 2.05) is 19.1 Å². The van der Waals surface area contributed by atoms with Crippen molar-refractivity contribution in [3.63, 3.8) is 0 Å². The molecule has 0 saturated carbocycles. The van der Waals surface area contributed by atoms with Gasteiger partial charge in [-0.05, 0) is 57.2 Å². The molecule has 2 aromatic heterocycles. The van der Waals surface area contributed by atoms with E-state index in [2.05, 4.69) is 49.2 Å². The van der Waals surface area contributed by atoms with Gasteiger partial charge >= 0.3 is 0 Å². The van der Waals surface area contributed by atoms with Crippen LogP contribution in [0.25, 0.3) is 11.4 Å². The minimum atomic E-state index is -0.244. The van der Waals surface area contributed by atoms with Crippen LogP contribution >= 0.6 is 0 Å². The summed E-state index contributed by atoms with van der Waals surface area (Å²) in [7, 11) is 0. The number of nitrogens with two attached hydrogens (primary N) is 1. The highest BCUT2D eigenvalue weighted by Gasteiger charge is 2.14. The number of nitrogens with zero attached hydrogens (tertiary/aromatic N) is 5. The molecule has 2 heterocycles. The van der Waals surface area contributed by atoms with Crippen molar-refractivity contribution >= 4 is 28.9 Å². The van der Waals surface area contributed by atoms with Gasteiger partial charge in [0.15, 0.2) is 0 Å². The van der Waals surface area contributed by atoms with Crippen molar-refractivity contribution in [2.45, 2.75) is 26.8 Å². The largest absolute Gasteiger partial charge is 0.397 e. The number of hydrogen-bond acceptors (Lipinski definition) is 7. The molecule has 0 bridgehead atoms. The maximum absolute atomic E-state index is 12.5. The Morgan fingerprint density at radius 3 is 2.53 bits per heavy atom. The molecule has 0 atom stereocenters. The second-order valence-electron chi connectivity index (χ2n) is 7.56. The lowest BCUT2D eigenvalue weighted by molar-refractivity contribution is 0.102. The molecule has 2 aromatic carbocycles. The molecule has 9 heteroatoms. The maximum atomic E-state index is 12.5. The lowest BCUT2D eigenvalue weighted by atomic mass is 10.2. The molecule has 32 heavy (non-hydrogen) atoms.